The van der Waals surface area contributed by atoms with Gasteiger partial charge in [-0.05, 0) is 75.5 Å². The Labute approximate surface area is 249 Å². The molecule has 1 aliphatic carbocycles. The Morgan fingerprint density at radius 2 is 1.16 bits per heavy atom. The highest BCUT2D eigenvalue weighted by Gasteiger charge is 2.23. The summed E-state index contributed by atoms with van der Waals surface area (Å²) in [7, 11) is 0. The van der Waals surface area contributed by atoms with E-state index in [1.54, 1.807) is 0 Å². The Balaban J connectivity index is 1.18. The molecule has 3 heterocycles. The molecule has 0 saturated carbocycles. The third-order valence-electron chi connectivity index (χ3n) is 8.75. The second-order valence-corrected chi connectivity index (χ2v) is 11.3. The molecular weight excluding hydrogens is 522 g/mol. The lowest BCUT2D eigenvalue weighted by atomic mass is 9.92. The quantitative estimate of drug-likeness (QED) is 0.207. The first-order valence-electron chi connectivity index (χ1n) is 14.6. The molecule has 8 aromatic rings. The van der Waals surface area contributed by atoms with Crippen molar-refractivity contribution in [1.82, 2.24) is 15.0 Å². The van der Waals surface area contributed by atoms with E-state index < -0.39 is 0 Å². The molecule has 0 bridgehead atoms. The van der Waals surface area contributed by atoms with Crippen LogP contribution in [0.5, 0.6) is 0 Å². The summed E-state index contributed by atoms with van der Waals surface area (Å²) in [5, 5.41) is 4.54. The van der Waals surface area contributed by atoms with E-state index in [0.717, 1.165) is 56.1 Å². The number of nitrogens with zero attached hydrogens (tertiary/aromatic N) is 3. The third kappa shape index (κ3) is 3.93. The predicted octanol–water partition coefficient (Wildman–Crippen LogP) is 9.90. The monoisotopic (exact) mass is 547 g/mol. The molecule has 3 heteroatoms. The smallest absolute Gasteiger partial charge is 0.0972 e. The highest BCUT2D eigenvalue weighted by molar-refractivity contribution is 6.04. The van der Waals surface area contributed by atoms with Gasteiger partial charge in [0.05, 0.1) is 22.4 Å². The lowest BCUT2D eigenvalue weighted by Gasteiger charge is -2.12. The number of aromatic nitrogens is 3. The molecule has 0 saturated heterocycles. The van der Waals surface area contributed by atoms with Crippen LogP contribution in [0.1, 0.15) is 11.1 Å². The van der Waals surface area contributed by atoms with E-state index in [4.69, 9.17) is 9.97 Å². The summed E-state index contributed by atoms with van der Waals surface area (Å²) >= 11 is 0. The van der Waals surface area contributed by atoms with E-state index in [-0.39, 0.29) is 0 Å². The topological polar surface area (TPSA) is 38.7 Å². The van der Waals surface area contributed by atoms with Crippen LogP contribution in [0.4, 0.5) is 0 Å². The largest absolute Gasteiger partial charge is 0.264 e. The van der Waals surface area contributed by atoms with Gasteiger partial charge in [0.2, 0.25) is 0 Å². The summed E-state index contributed by atoms with van der Waals surface area (Å²) in [6, 6.07) is 45.4. The van der Waals surface area contributed by atoms with Crippen LogP contribution in [0, 0.1) is 0 Å². The summed E-state index contributed by atoms with van der Waals surface area (Å²) in [5.74, 6) is 0. The van der Waals surface area contributed by atoms with Crippen molar-refractivity contribution in [2.45, 2.75) is 6.42 Å². The molecule has 0 unspecified atom stereocenters. The molecule has 0 radical (unpaired) electrons. The Hall–Kier alpha value is -5.67. The van der Waals surface area contributed by atoms with Crippen LogP contribution < -0.4 is 0 Å². The molecule has 43 heavy (non-hydrogen) atoms. The molecule has 200 valence electrons. The maximum absolute atomic E-state index is 5.24. The van der Waals surface area contributed by atoms with Crippen LogP contribution in [-0.4, -0.2) is 15.0 Å². The lowest BCUT2D eigenvalue weighted by molar-refractivity contribution is 1.26. The fourth-order valence-corrected chi connectivity index (χ4v) is 6.58. The Morgan fingerprint density at radius 1 is 0.442 bits per heavy atom. The van der Waals surface area contributed by atoms with Crippen molar-refractivity contribution in [2.75, 3.05) is 0 Å². The van der Waals surface area contributed by atoms with Gasteiger partial charge in [-0.1, -0.05) is 97.1 Å². The SMILES string of the molecule is c1ccc(-c2ccc3ccc4ccc(-c5ccc6c(c5)-c5c(cccc5-c5ccc7cnccc7c5)C6)nc4c3n2)cc1. The van der Waals surface area contributed by atoms with Gasteiger partial charge in [-0.2, -0.15) is 0 Å². The van der Waals surface area contributed by atoms with E-state index in [2.05, 4.69) is 126 Å². The van der Waals surface area contributed by atoms with Crippen molar-refractivity contribution in [3.63, 3.8) is 0 Å². The first-order valence-corrected chi connectivity index (χ1v) is 14.6. The molecular formula is C40H25N3. The zero-order valence-electron chi connectivity index (χ0n) is 23.3. The molecule has 0 amide bonds. The maximum Gasteiger partial charge on any atom is 0.0972 e. The number of hydrogen-bond donors (Lipinski definition) is 0. The number of rotatable bonds is 3. The molecule has 0 N–H and O–H groups in total. The first-order chi connectivity index (χ1) is 21.3. The Bertz CT molecular complexity index is 2370. The number of hydrogen-bond acceptors (Lipinski definition) is 3. The molecule has 9 rings (SSSR count). The van der Waals surface area contributed by atoms with Crippen molar-refractivity contribution in [3.05, 3.63) is 151 Å². The van der Waals surface area contributed by atoms with Gasteiger partial charge in [0.25, 0.3) is 0 Å². The molecule has 3 aromatic heterocycles. The third-order valence-corrected chi connectivity index (χ3v) is 8.75. The van der Waals surface area contributed by atoms with Crippen molar-refractivity contribution in [3.8, 4) is 44.8 Å². The Morgan fingerprint density at radius 3 is 1.98 bits per heavy atom. The minimum Gasteiger partial charge on any atom is -0.264 e. The van der Waals surface area contributed by atoms with Crippen molar-refractivity contribution < 1.29 is 0 Å². The second kappa shape index (κ2) is 9.43. The van der Waals surface area contributed by atoms with Gasteiger partial charge in [-0.3, -0.25) is 4.98 Å². The normalized spacial score (nSPS) is 12.1. The standard InChI is InChI=1S/C40H25N3/c1-2-5-25(6-3-1)36-17-15-26-9-10-27-16-18-37(43-40(27)39(26)42-36)31-13-11-30-22-32-7-4-8-34(38(32)35(30)23-31)29-12-14-33-24-41-20-19-28(33)21-29/h1-21,23-24H,22H2. The van der Waals surface area contributed by atoms with Gasteiger partial charge in [0.1, 0.15) is 0 Å². The highest BCUT2D eigenvalue weighted by Crippen LogP contribution is 2.45. The Kier molecular flexibility index (Phi) is 5.26. The lowest BCUT2D eigenvalue weighted by Crippen LogP contribution is -1.91. The van der Waals surface area contributed by atoms with E-state index in [1.807, 2.05) is 18.5 Å². The second-order valence-electron chi connectivity index (χ2n) is 11.3. The highest BCUT2D eigenvalue weighted by atomic mass is 14.8. The molecule has 1 aliphatic rings. The fourth-order valence-electron chi connectivity index (χ4n) is 6.58. The predicted molar refractivity (Wildman–Crippen MR) is 177 cm³/mol. The van der Waals surface area contributed by atoms with Crippen LogP contribution in [0.25, 0.3) is 77.3 Å². The molecule has 0 atom stereocenters. The minimum atomic E-state index is 0.931. The van der Waals surface area contributed by atoms with Crippen LogP contribution in [-0.2, 0) is 6.42 Å². The maximum atomic E-state index is 5.24. The summed E-state index contributed by atoms with van der Waals surface area (Å²) in [6.45, 7) is 0. The van der Waals surface area contributed by atoms with E-state index in [9.17, 15) is 0 Å². The molecule has 5 aromatic carbocycles. The molecule has 0 aliphatic heterocycles. The average Bonchev–Trinajstić information content (AvgIpc) is 3.46. The molecule has 3 nitrogen and oxygen atoms in total. The number of benzene rings is 5. The zero-order valence-corrected chi connectivity index (χ0v) is 23.3. The van der Waals surface area contributed by atoms with Gasteiger partial charge >= 0.3 is 0 Å². The van der Waals surface area contributed by atoms with Crippen molar-refractivity contribution in [1.29, 1.82) is 0 Å². The van der Waals surface area contributed by atoms with Gasteiger partial charge in [0, 0.05) is 39.7 Å². The van der Waals surface area contributed by atoms with E-state index in [0.29, 0.717) is 0 Å². The van der Waals surface area contributed by atoms with Crippen LogP contribution in [0.15, 0.2) is 140 Å². The minimum absolute atomic E-state index is 0.931. The van der Waals surface area contributed by atoms with E-state index in [1.165, 1.54) is 38.8 Å². The number of pyridine rings is 3. The van der Waals surface area contributed by atoms with Crippen LogP contribution in [0.2, 0.25) is 0 Å². The molecule has 0 fully saturated rings. The summed E-state index contributed by atoms with van der Waals surface area (Å²) in [5.41, 5.74) is 13.8. The van der Waals surface area contributed by atoms with E-state index >= 15 is 0 Å². The average molecular weight is 548 g/mol. The number of fused-ring (bicyclic) bond motifs is 7. The van der Waals surface area contributed by atoms with Crippen molar-refractivity contribution >= 4 is 32.6 Å². The molecule has 0 spiro atoms. The fraction of sp³-hybridized carbons (Fsp3) is 0.0250. The van der Waals surface area contributed by atoms with Gasteiger partial charge < -0.3 is 0 Å². The summed E-state index contributed by atoms with van der Waals surface area (Å²) < 4.78 is 0. The zero-order chi connectivity index (χ0) is 28.3. The van der Waals surface area contributed by atoms with Crippen molar-refractivity contribution in [2.24, 2.45) is 0 Å². The van der Waals surface area contributed by atoms with Crippen LogP contribution >= 0.6 is 0 Å². The first kappa shape index (κ1) is 24.0. The van der Waals surface area contributed by atoms with Gasteiger partial charge in [0.15, 0.2) is 0 Å². The summed E-state index contributed by atoms with van der Waals surface area (Å²) in [4.78, 5) is 14.6. The van der Waals surface area contributed by atoms with Gasteiger partial charge in [-0.25, -0.2) is 9.97 Å². The van der Waals surface area contributed by atoms with Crippen LogP contribution in [0.3, 0.4) is 0 Å². The van der Waals surface area contributed by atoms with Gasteiger partial charge in [-0.15, -0.1) is 0 Å². The summed E-state index contributed by atoms with van der Waals surface area (Å²) in [6.07, 6.45) is 4.73.